The number of rotatable bonds is 5. The fourth-order valence-corrected chi connectivity index (χ4v) is 3.73. The van der Waals surface area contributed by atoms with E-state index < -0.39 is 0 Å². The predicted molar refractivity (Wildman–Crippen MR) is 96.0 cm³/mol. The minimum Gasteiger partial charge on any atom is -0.370 e. The first kappa shape index (κ1) is 16.3. The molecule has 0 bridgehead atoms. The fraction of sp³-hybridized carbons (Fsp3) is 0.632. The average molecular weight is 315 g/mol. The molecule has 2 aliphatic rings. The third kappa shape index (κ3) is 4.71. The number of anilines is 2. The van der Waals surface area contributed by atoms with Crippen LogP contribution in [-0.4, -0.2) is 31.6 Å². The van der Waals surface area contributed by atoms with Gasteiger partial charge in [0.05, 0.1) is 17.9 Å². The highest BCUT2D eigenvalue weighted by molar-refractivity contribution is 5.95. The summed E-state index contributed by atoms with van der Waals surface area (Å²) in [6, 6.07) is 8.74. The van der Waals surface area contributed by atoms with Crippen molar-refractivity contribution < 1.29 is 4.79 Å². The van der Waals surface area contributed by atoms with Gasteiger partial charge in [-0.05, 0) is 37.8 Å². The van der Waals surface area contributed by atoms with E-state index >= 15 is 0 Å². The molecule has 0 unspecified atom stereocenters. The Hall–Kier alpha value is -1.55. The van der Waals surface area contributed by atoms with Crippen LogP contribution in [0.5, 0.6) is 0 Å². The molecule has 2 N–H and O–H groups in total. The minimum absolute atomic E-state index is 0.0687. The number of carbonyl (C=O) groups excluding carboxylic acids is 1. The Kier molecular flexibility index (Phi) is 5.92. The van der Waals surface area contributed by atoms with Crippen LogP contribution in [0.4, 0.5) is 11.4 Å². The molecule has 1 heterocycles. The summed E-state index contributed by atoms with van der Waals surface area (Å²) in [6.45, 7) is 2.60. The zero-order valence-corrected chi connectivity index (χ0v) is 14.0. The van der Waals surface area contributed by atoms with Crippen molar-refractivity contribution in [3.8, 4) is 0 Å². The highest BCUT2D eigenvalue weighted by Crippen LogP contribution is 2.27. The van der Waals surface area contributed by atoms with E-state index in [4.69, 9.17) is 0 Å². The molecule has 1 aliphatic carbocycles. The summed E-state index contributed by atoms with van der Waals surface area (Å²) in [7, 11) is 0. The SMILES string of the molecule is O=C(CNC1CCCC1)Nc1ccccc1N1CCCCCC1. The number of hydrogen-bond acceptors (Lipinski definition) is 3. The van der Waals surface area contributed by atoms with Gasteiger partial charge in [0.2, 0.25) is 5.91 Å². The summed E-state index contributed by atoms with van der Waals surface area (Å²) in [5.74, 6) is 0.0687. The number of carbonyl (C=O) groups is 1. The molecule has 2 fully saturated rings. The lowest BCUT2D eigenvalue weighted by molar-refractivity contribution is -0.115. The maximum atomic E-state index is 12.3. The topological polar surface area (TPSA) is 44.4 Å². The summed E-state index contributed by atoms with van der Waals surface area (Å²) in [6.07, 6.45) is 10.1. The highest BCUT2D eigenvalue weighted by atomic mass is 16.1. The van der Waals surface area contributed by atoms with Crippen molar-refractivity contribution in [2.24, 2.45) is 0 Å². The van der Waals surface area contributed by atoms with Crippen LogP contribution in [0.15, 0.2) is 24.3 Å². The van der Waals surface area contributed by atoms with Gasteiger partial charge in [0.25, 0.3) is 0 Å². The first-order valence-electron chi connectivity index (χ1n) is 9.20. The van der Waals surface area contributed by atoms with E-state index in [0.717, 1.165) is 18.8 Å². The van der Waals surface area contributed by atoms with Crippen molar-refractivity contribution in [3.63, 3.8) is 0 Å². The van der Waals surface area contributed by atoms with Crippen molar-refractivity contribution in [1.29, 1.82) is 0 Å². The number of benzene rings is 1. The number of nitrogens with zero attached hydrogens (tertiary/aromatic N) is 1. The molecule has 1 saturated carbocycles. The van der Waals surface area contributed by atoms with Gasteiger partial charge in [-0.25, -0.2) is 0 Å². The lowest BCUT2D eigenvalue weighted by atomic mass is 10.2. The van der Waals surface area contributed by atoms with Crippen LogP contribution in [0.25, 0.3) is 0 Å². The molecule has 0 aromatic heterocycles. The number of hydrogen-bond donors (Lipinski definition) is 2. The number of amides is 1. The molecule has 126 valence electrons. The first-order valence-corrected chi connectivity index (χ1v) is 9.20. The zero-order chi connectivity index (χ0) is 15.9. The molecule has 0 atom stereocenters. The third-order valence-corrected chi connectivity index (χ3v) is 5.03. The average Bonchev–Trinajstić information content (AvgIpc) is 2.95. The van der Waals surface area contributed by atoms with E-state index in [9.17, 15) is 4.79 Å². The lowest BCUT2D eigenvalue weighted by Crippen LogP contribution is -2.35. The molecule has 1 aromatic rings. The van der Waals surface area contributed by atoms with Crippen LogP contribution in [0.3, 0.4) is 0 Å². The van der Waals surface area contributed by atoms with E-state index in [2.05, 4.69) is 27.7 Å². The van der Waals surface area contributed by atoms with Crippen molar-refractivity contribution in [1.82, 2.24) is 5.32 Å². The summed E-state index contributed by atoms with van der Waals surface area (Å²) in [5, 5.41) is 6.49. The maximum absolute atomic E-state index is 12.3. The molecule has 4 nitrogen and oxygen atoms in total. The molecule has 0 spiro atoms. The van der Waals surface area contributed by atoms with Gasteiger partial charge >= 0.3 is 0 Å². The monoisotopic (exact) mass is 315 g/mol. The van der Waals surface area contributed by atoms with Gasteiger partial charge in [-0.3, -0.25) is 4.79 Å². The lowest BCUT2D eigenvalue weighted by Gasteiger charge is -2.25. The summed E-state index contributed by atoms with van der Waals surface area (Å²) < 4.78 is 0. The smallest absolute Gasteiger partial charge is 0.238 e. The van der Waals surface area contributed by atoms with Crippen LogP contribution in [-0.2, 0) is 4.79 Å². The van der Waals surface area contributed by atoms with E-state index in [0.29, 0.717) is 12.6 Å². The molecule has 23 heavy (non-hydrogen) atoms. The fourth-order valence-electron chi connectivity index (χ4n) is 3.73. The molecule has 3 rings (SSSR count). The predicted octanol–water partition coefficient (Wildman–Crippen LogP) is 3.54. The van der Waals surface area contributed by atoms with Crippen molar-refractivity contribution in [3.05, 3.63) is 24.3 Å². The molecule has 1 aliphatic heterocycles. The standard InChI is InChI=1S/C19H29N3O/c23-19(15-20-16-9-3-4-10-16)21-17-11-5-6-12-18(17)22-13-7-1-2-8-14-22/h5-6,11-12,16,20H,1-4,7-10,13-15H2,(H,21,23). The van der Waals surface area contributed by atoms with Gasteiger partial charge in [0, 0.05) is 19.1 Å². The Balaban J connectivity index is 1.59. The van der Waals surface area contributed by atoms with Crippen LogP contribution >= 0.6 is 0 Å². The second-order valence-electron chi connectivity index (χ2n) is 6.83. The van der Waals surface area contributed by atoms with E-state index in [-0.39, 0.29) is 5.91 Å². The van der Waals surface area contributed by atoms with Gasteiger partial charge in [-0.1, -0.05) is 37.8 Å². The maximum Gasteiger partial charge on any atom is 0.238 e. The van der Waals surface area contributed by atoms with E-state index in [1.165, 1.54) is 57.1 Å². The van der Waals surface area contributed by atoms with Gasteiger partial charge in [0.15, 0.2) is 0 Å². The minimum atomic E-state index is 0.0687. The van der Waals surface area contributed by atoms with Crippen molar-refractivity contribution >= 4 is 17.3 Å². The summed E-state index contributed by atoms with van der Waals surface area (Å²) in [4.78, 5) is 14.7. The van der Waals surface area contributed by atoms with Crippen molar-refractivity contribution in [2.75, 3.05) is 29.9 Å². The van der Waals surface area contributed by atoms with Crippen LogP contribution < -0.4 is 15.5 Å². The Bertz CT molecular complexity index is 503. The molecular weight excluding hydrogens is 286 g/mol. The molecule has 1 aromatic carbocycles. The zero-order valence-electron chi connectivity index (χ0n) is 14.0. The summed E-state index contributed by atoms with van der Waals surface area (Å²) >= 11 is 0. The number of para-hydroxylation sites is 2. The third-order valence-electron chi connectivity index (χ3n) is 5.03. The summed E-state index contributed by atoms with van der Waals surface area (Å²) in [5.41, 5.74) is 2.12. The van der Waals surface area contributed by atoms with Crippen LogP contribution in [0, 0.1) is 0 Å². The van der Waals surface area contributed by atoms with Gasteiger partial charge in [-0.2, -0.15) is 0 Å². The molecule has 1 saturated heterocycles. The first-order chi connectivity index (χ1) is 11.3. The molecule has 4 heteroatoms. The van der Waals surface area contributed by atoms with Gasteiger partial charge in [0.1, 0.15) is 0 Å². The molecular formula is C19H29N3O. The second-order valence-corrected chi connectivity index (χ2v) is 6.83. The quantitative estimate of drug-likeness (QED) is 0.873. The Labute approximate surface area is 139 Å². The Morgan fingerprint density at radius 2 is 1.70 bits per heavy atom. The van der Waals surface area contributed by atoms with E-state index in [1.807, 2.05) is 12.1 Å². The normalized spacial score (nSPS) is 19.6. The van der Waals surface area contributed by atoms with Gasteiger partial charge < -0.3 is 15.5 Å². The second kappa shape index (κ2) is 8.34. The Morgan fingerprint density at radius 1 is 1.00 bits per heavy atom. The number of nitrogens with one attached hydrogen (secondary N) is 2. The Morgan fingerprint density at radius 3 is 2.43 bits per heavy atom. The van der Waals surface area contributed by atoms with E-state index in [1.54, 1.807) is 0 Å². The van der Waals surface area contributed by atoms with Crippen LogP contribution in [0.1, 0.15) is 51.4 Å². The van der Waals surface area contributed by atoms with Crippen LogP contribution in [0.2, 0.25) is 0 Å². The largest absolute Gasteiger partial charge is 0.370 e. The van der Waals surface area contributed by atoms with Gasteiger partial charge in [-0.15, -0.1) is 0 Å². The molecule has 1 amide bonds. The highest BCUT2D eigenvalue weighted by Gasteiger charge is 2.17. The molecule has 0 radical (unpaired) electrons. The van der Waals surface area contributed by atoms with Crippen molar-refractivity contribution in [2.45, 2.75) is 57.4 Å².